The Hall–Kier alpha value is -4.27. The van der Waals surface area contributed by atoms with Crippen molar-refractivity contribution in [3.05, 3.63) is 83.3 Å². The van der Waals surface area contributed by atoms with E-state index in [4.69, 9.17) is 18.9 Å². The average molecular weight is 535 g/mol. The summed E-state index contributed by atoms with van der Waals surface area (Å²) in [6, 6.07) is 16.9. The Morgan fingerprint density at radius 1 is 1.10 bits per heavy atom. The first-order chi connectivity index (χ1) is 19.0. The van der Waals surface area contributed by atoms with Crippen LogP contribution in [0.15, 0.2) is 66.4 Å². The maximum absolute atomic E-state index is 12.9. The number of carbonyl (C=O) groups is 3. The Labute approximate surface area is 227 Å². The van der Waals surface area contributed by atoms with Gasteiger partial charge in [-0.25, -0.2) is 9.59 Å². The summed E-state index contributed by atoms with van der Waals surface area (Å²) in [5.74, 6) is -1.26. The standard InChI is InChI=1S/C30H34N2O7/c1-4-27(39-30(35)38-17-20-10-6-5-7-11-20)23(24(18-36-2)29(34)37-3)16-26-28-22(14-15-32(26)19-33)21-12-8-9-13-25(21)31-28/h5-13,18-19,23,26-27,31H,4,14-17H2,1-3H3/b24-18+/t23-,26+,27-/m1/s1. The zero-order valence-corrected chi connectivity index (χ0v) is 22.4. The van der Waals surface area contributed by atoms with Gasteiger partial charge in [-0.05, 0) is 36.5 Å². The van der Waals surface area contributed by atoms with E-state index < -0.39 is 30.2 Å². The fraction of sp³-hybridized carbons (Fsp3) is 0.367. The number of fused-ring (bicyclic) bond motifs is 3. The number of hydrogen-bond acceptors (Lipinski definition) is 7. The van der Waals surface area contributed by atoms with Crippen LogP contribution in [0.25, 0.3) is 10.9 Å². The van der Waals surface area contributed by atoms with E-state index in [1.54, 1.807) is 4.90 Å². The summed E-state index contributed by atoms with van der Waals surface area (Å²) in [4.78, 5) is 43.0. The van der Waals surface area contributed by atoms with Crippen LogP contribution in [0.2, 0.25) is 0 Å². The zero-order chi connectivity index (χ0) is 27.8. The van der Waals surface area contributed by atoms with Gasteiger partial charge in [0.05, 0.1) is 32.1 Å². The molecule has 1 N–H and O–H groups in total. The van der Waals surface area contributed by atoms with Crippen molar-refractivity contribution in [3.8, 4) is 0 Å². The van der Waals surface area contributed by atoms with Crippen LogP contribution in [0.1, 0.15) is 42.6 Å². The van der Waals surface area contributed by atoms with Gasteiger partial charge in [0, 0.05) is 29.1 Å². The number of rotatable bonds is 11. The number of carbonyl (C=O) groups excluding carboxylic acids is 3. The van der Waals surface area contributed by atoms with Gasteiger partial charge in [-0.1, -0.05) is 55.5 Å². The Morgan fingerprint density at radius 2 is 1.85 bits per heavy atom. The third-order valence-electron chi connectivity index (χ3n) is 7.18. The van der Waals surface area contributed by atoms with Gasteiger partial charge in [-0.15, -0.1) is 0 Å². The molecule has 0 radical (unpaired) electrons. The number of ether oxygens (including phenoxy) is 4. The summed E-state index contributed by atoms with van der Waals surface area (Å²) < 4.78 is 21.5. The van der Waals surface area contributed by atoms with E-state index in [1.165, 1.54) is 20.5 Å². The molecule has 0 fully saturated rings. The molecule has 2 aromatic carbocycles. The molecule has 0 saturated heterocycles. The van der Waals surface area contributed by atoms with Crippen molar-refractivity contribution < 1.29 is 33.3 Å². The smallest absolute Gasteiger partial charge is 0.504 e. The molecule has 3 atom stereocenters. The number of aromatic nitrogens is 1. The van der Waals surface area contributed by atoms with Gasteiger partial charge < -0.3 is 28.8 Å². The van der Waals surface area contributed by atoms with Crippen molar-refractivity contribution in [2.24, 2.45) is 5.92 Å². The number of nitrogens with one attached hydrogen (secondary N) is 1. The summed E-state index contributed by atoms with van der Waals surface area (Å²) in [6.07, 6.45) is 1.92. The largest absolute Gasteiger partial charge is 0.508 e. The fourth-order valence-corrected chi connectivity index (χ4v) is 5.29. The van der Waals surface area contributed by atoms with E-state index in [0.717, 1.165) is 34.1 Å². The van der Waals surface area contributed by atoms with Crippen LogP contribution in [0.4, 0.5) is 4.79 Å². The molecular weight excluding hydrogens is 500 g/mol. The van der Waals surface area contributed by atoms with Crippen molar-refractivity contribution in [3.63, 3.8) is 0 Å². The lowest BCUT2D eigenvalue weighted by Crippen LogP contribution is -2.39. The SMILES string of the molecule is CC[C@@H](OC(=O)OCc1ccccc1)[C@H](C[C@H]1c2[nH]c3ccccc3c2CCN1C=O)/C(=C\OC)C(=O)OC. The second-order valence-corrected chi connectivity index (χ2v) is 9.40. The number of esters is 1. The minimum absolute atomic E-state index is 0.0541. The maximum atomic E-state index is 12.9. The van der Waals surface area contributed by atoms with Crippen molar-refractivity contribution in [2.45, 2.75) is 44.9 Å². The molecule has 1 aliphatic heterocycles. The van der Waals surface area contributed by atoms with E-state index >= 15 is 0 Å². The molecule has 1 amide bonds. The third-order valence-corrected chi connectivity index (χ3v) is 7.18. The van der Waals surface area contributed by atoms with Gasteiger partial charge in [0.25, 0.3) is 0 Å². The number of methoxy groups -OCH3 is 2. The topological polar surface area (TPSA) is 107 Å². The first kappa shape index (κ1) is 27.8. The number of para-hydroxylation sites is 1. The lowest BCUT2D eigenvalue weighted by molar-refractivity contribution is -0.137. The first-order valence-corrected chi connectivity index (χ1v) is 13.0. The van der Waals surface area contributed by atoms with Crippen LogP contribution in [-0.4, -0.2) is 55.3 Å². The Kier molecular flexibility index (Phi) is 9.25. The number of benzene rings is 2. The highest BCUT2D eigenvalue weighted by molar-refractivity contribution is 5.89. The van der Waals surface area contributed by atoms with Gasteiger partial charge >= 0.3 is 12.1 Å². The molecule has 4 rings (SSSR count). The van der Waals surface area contributed by atoms with Gasteiger partial charge in [0.15, 0.2) is 0 Å². The molecule has 0 bridgehead atoms. The van der Waals surface area contributed by atoms with E-state index in [1.807, 2.05) is 55.5 Å². The zero-order valence-electron chi connectivity index (χ0n) is 22.4. The monoisotopic (exact) mass is 534 g/mol. The van der Waals surface area contributed by atoms with E-state index in [9.17, 15) is 14.4 Å². The highest BCUT2D eigenvalue weighted by Gasteiger charge is 2.39. The van der Waals surface area contributed by atoms with Gasteiger partial charge in [0.2, 0.25) is 6.41 Å². The highest BCUT2D eigenvalue weighted by atomic mass is 16.7. The van der Waals surface area contributed by atoms with E-state index in [0.29, 0.717) is 19.4 Å². The first-order valence-electron chi connectivity index (χ1n) is 13.0. The molecule has 0 unspecified atom stereocenters. The number of hydrogen-bond donors (Lipinski definition) is 1. The molecule has 206 valence electrons. The molecular formula is C30H34N2O7. The van der Waals surface area contributed by atoms with Gasteiger partial charge in [0.1, 0.15) is 12.7 Å². The van der Waals surface area contributed by atoms with Crippen LogP contribution in [0.5, 0.6) is 0 Å². The highest BCUT2D eigenvalue weighted by Crippen LogP contribution is 2.40. The summed E-state index contributed by atoms with van der Waals surface area (Å²) in [5.41, 5.74) is 4.05. The van der Waals surface area contributed by atoms with Crippen molar-refractivity contribution >= 4 is 29.4 Å². The summed E-state index contributed by atoms with van der Waals surface area (Å²) in [7, 11) is 2.72. The molecule has 0 spiro atoms. The van der Waals surface area contributed by atoms with Crippen LogP contribution in [0.3, 0.4) is 0 Å². The maximum Gasteiger partial charge on any atom is 0.508 e. The molecule has 0 saturated carbocycles. The van der Waals surface area contributed by atoms with E-state index in [-0.39, 0.29) is 18.6 Å². The molecule has 2 heterocycles. The lowest BCUT2D eigenvalue weighted by atomic mass is 9.83. The molecule has 9 nitrogen and oxygen atoms in total. The molecule has 1 aromatic heterocycles. The van der Waals surface area contributed by atoms with Crippen LogP contribution in [0, 0.1) is 5.92 Å². The van der Waals surface area contributed by atoms with Gasteiger partial charge in [-0.3, -0.25) is 4.79 Å². The lowest BCUT2D eigenvalue weighted by Gasteiger charge is -2.37. The quantitative estimate of drug-likeness (QED) is 0.158. The average Bonchev–Trinajstić information content (AvgIpc) is 3.36. The molecule has 9 heteroatoms. The summed E-state index contributed by atoms with van der Waals surface area (Å²) in [5, 5.41) is 1.10. The minimum Gasteiger partial charge on any atom is -0.504 e. The number of H-pyrrole nitrogens is 1. The Morgan fingerprint density at radius 3 is 2.54 bits per heavy atom. The summed E-state index contributed by atoms with van der Waals surface area (Å²) >= 11 is 0. The Balaban J connectivity index is 1.66. The van der Waals surface area contributed by atoms with Crippen molar-refractivity contribution in [1.29, 1.82) is 0 Å². The fourth-order valence-electron chi connectivity index (χ4n) is 5.29. The van der Waals surface area contributed by atoms with Crippen LogP contribution >= 0.6 is 0 Å². The molecule has 1 aliphatic rings. The second kappa shape index (κ2) is 13.0. The Bertz CT molecular complexity index is 1320. The van der Waals surface area contributed by atoms with Crippen LogP contribution < -0.4 is 0 Å². The summed E-state index contributed by atoms with van der Waals surface area (Å²) in [6.45, 7) is 2.43. The predicted octanol–water partition coefficient (Wildman–Crippen LogP) is 5.07. The van der Waals surface area contributed by atoms with Crippen molar-refractivity contribution in [1.82, 2.24) is 9.88 Å². The molecule has 3 aromatic rings. The normalized spacial score (nSPS) is 16.6. The number of amides is 1. The van der Waals surface area contributed by atoms with E-state index in [2.05, 4.69) is 11.1 Å². The van der Waals surface area contributed by atoms with Crippen molar-refractivity contribution in [2.75, 3.05) is 20.8 Å². The molecule has 0 aliphatic carbocycles. The number of aromatic amines is 1. The van der Waals surface area contributed by atoms with Crippen LogP contribution in [-0.2, 0) is 41.6 Å². The third kappa shape index (κ3) is 6.25. The predicted molar refractivity (Wildman–Crippen MR) is 145 cm³/mol. The second-order valence-electron chi connectivity index (χ2n) is 9.40. The number of nitrogens with zero attached hydrogens (tertiary/aromatic N) is 1. The molecule has 39 heavy (non-hydrogen) atoms. The minimum atomic E-state index is -0.848. The van der Waals surface area contributed by atoms with Gasteiger partial charge in [-0.2, -0.15) is 0 Å².